The molecule has 0 bridgehead atoms. The van der Waals surface area contributed by atoms with Crippen molar-refractivity contribution in [3.05, 3.63) is 78.4 Å². The smallest absolute Gasteiger partial charge is 0.329 e. The van der Waals surface area contributed by atoms with E-state index in [1.807, 2.05) is 72.8 Å². The van der Waals surface area contributed by atoms with Crippen molar-refractivity contribution in [2.45, 2.75) is 16.4 Å². The number of anilines is 1. The summed E-state index contributed by atoms with van der Waals surface area (Å²) >= 11 is 18.2. The third kappa shape index (κ3) is 5.50. The second kappa shape index (κ2) is 8.81. The van der Waals surface area contributed by atoms with Crippen molar-refractivity contribution in [3.8, 4) is 0 Å². The minimum atomic E-state index is -1.76. The molecule has 7 heteroatoms. The monoisotopic (exact) mass is 422 g/mol. The van der Waals surface area contributed by atoms with E-state index in [1.54, 1.807) is 0 Å². The average molecular weight is 424 g/mol. The molecular formula is C20H17Cl3N2O2. The molecule has 0 aliphatic heterocycles. The maximum atomic E-state index is 12.1. The number of alkyl halides is 3. The Bertz CT molecular complexity index is 908. The minimum absolute atomic E-state index is 0.106. The lowest BCUT2D eigenvalue weighted by Crippen LogP contribution is -2.47. The van der Waals surface area contributed by atoms with Crippen LogP contribution in [0.1, 0.15) is 5.56 Å². The number of carbonyl (C=O) groups excluding carboxylic acids is 1. The summed E-state index contributed by atoms with van der Waals surface area (Å²) in [5, 5.41) is 5.09. The third-order valence-electron chi connectivity index (χ3n) is 3.90. The highest BCUT2D eigenvalue weighted by molar-refractivity contribution is 6.68. The molecule has 2 N–H and O–H groups in total. The quantitative estimate of drug-likeness (QED) is 0.323. The first-order chi connectivity index (χ1) is 12.9. The predicted octanol–water partition coefficient (Wildman–Crippen LogP) is 5.24. The highest BCUT2D eigenvalue weighted by Gasteiger charge is 2.34. The number of nitrogens with one attached hydrogen (secondary N) is 2. The minimum Gasteiger partial charge on any atom is -0.368 e. The molecule has 0 heterocycles. The predicted molar refractivity (Wildman–Crippen MR) is 111 cm³/mol. The molecule has 140 valence electrons. The van der Waals surface area contributed by atoms with E-state index in [1.165, 1.54) is 0 Å². The fourth-order valence-corrected chi connectivity index (χ4v) is 2.91. The van der Waals surface area contributed by atoms with E-state index in [4.69, 9.17) is 39.6 Å². The van der Waals surface area contributed by atoms with Crippen molar-refractivity contribution >= 4 is 57.2 Å². The molecule has 3 aromatic rings. The van der Waals surface area contributed by atoms with Gasteiger partial charge in [-0.3, -0.25) is 4.79 Å². The zero-order chi connectivity index (χ0) is 19.3. The Morgan fingerprint density at radius 3 is 2.33 bits per heavy atom. The van der Waals surface area contributed by atoms with Crippen LogP contribution < -0.4 is 10.8 Å². The third-order valence-corrected chi connectivity index (χ3v) is 4.55. The van der Waals surface area contributed by atoms with Crippen LogP contribution in [-0.2, 0) is 16.1 Å². The number of hydrogen-bond acceptors (Lipinski definition) is 4. The fourth-order valence-electron chi connectivity index (χ4n) is 2.61. The second-order valence-electron chi connectivity index (χ2n) is 5.90. The van der Waals surface area contributed by atoms with Gasteiger partial charge in [-0.2, -0.15) is 0 Å². The number of halogens is 3. The molecule has 0 spiro atoms. The Labute approximate surface area is 172 Å². The first kappa shape index (κ1) is 19.8. The standard InChI is InChI=1S/C20H17Cl3N2O2/c21-20(22,23)19(25-27-18(26)13-14-7-2-1-3-8-14)24-17-12-6-10-15-9-4-5-11-16(15)17/h1-12,19,24-25H,13H2/t19-/m0/s1. The van der Waals surface area contributed by atoms with E-state index in [0.717, 1.165) is 22.0 Å². The van der Waals surface area contributed by atoms with E-state index in [0.29, 0.717) is 0 Å². The normalized spacial score (nSPS) is 12.6. The zero-order valence-corrected chi connectivity index (χ0v) is 16.4. The molecule has 0 radical (unpaired) electrons. The van der Waals surface area contributed by atoms with Crippen molar-refractivity contribution in [1.29, 1.82) is 0 Å². The largest absolute Gasteiger partial charge is 0.368 e. The SMILES string of the molecule is O=C(Cc1ccccc1)ON[C@H](Nc1cccc2ccccc12)C(Cl)(Cl)Cl. The van der Waals surface area contributed by atoms with Gasteiger partial charge in [-0.25, -0.2) is 0 Å². The van der Waals surface area contributed by atoms with E-state index < -0.39 is 15.9 Å². The Hall–Kier alpha value is -1.98. The van der Waals surface area contributed by atoms with Crippen molar-refractivity contribution in [1.82, 2.24) is 5.48 Å². The molecule has 0 aliphatic rings. The summed E-state index contributed by atoms with van der Waals surface area (Å²) in [5.41, 5.74) is 4.11. The van der Waals surface area contributed by atoms with Gasteiger partial charge in [0.05, 0.1) is 6.42 Å². The van der Waals surface area contributed by atoms with Gasteiger partial charge in [0.25, 0.3) is 0 Å². The maximum absolute atomic E-state index is 12.1. The van der Waals surface area contributed by atoms with Crippen molar-refractivity contribution in [2.24, 2.45) is 0 Å². The molecular weight excluding hydrogens is 407 g/mol. The van der Waals surface area contributed by atoms with E-state index in [-0.39, 0.29) is 6.42 Å². The molecule has 3 aromatic carbocycles. The molecule has 0 amide bonds. The summed E-state index contributed by atoms with van der Waals surface area (Å²) < 4.78 is -1.76. The van der Waals surface area contributed by atoms with Gasteiger partial charge in [0.15, 0.2) is 6.17 Å². The number of hydroxylamine groups is 1. The van der Waals surface area contributed by atoms with Crippen LogP contribution in [-0.4, -0.2) is 15.9 Å². The second-order valence-corrected chi connectivity index (χ2v) is 8.27. The van der Waals surface area contributed by atoms with Gasteiger partial charge in [0, 0.05) is 11.1 Å². The summed E-state index contributed by atoms with van der Waals surface area (Å²) in [6, 6.07) is 22.8. The van der Waals surface area contributed by atoms with Crippen LogP contribution in [0.4, 0.5) is 5.69 Å². The van der Waals surface area contributed by atoms with Crippen molar-refractivity contribution in [3.63, 3.8) is 0 Å². The molecule has 4 nitrogen and oxygen atoms in total. The lowest BCUT2D eigenvalue weighted by molar-refractivity contribution is -0.151. The van der Waals surface area contributed by atoms with Crippen LogP contribution in [0.5, 0.6) is 0 Å². The van der Waals surface area contributed by atoms with Gasteiger partial charge < -0.3 is 10.2 Å². The topological polar surface area (TPSA) is 50.4 Å². The van der Waals surface area contributed by atoms with Gasteiger partial charge in [-0.05, 0) is 17.0 Å². The first-order valence-corrected chi connectivity index (χ1v) is 9.37. The molecule has 0 saturated carbocycles. The van der Waals surface area contributed by atoms with Gasteiger partial charge in [-0.15, -0.1) is 5.48 Å². The molecule has 0 aromatic heterocycles. The van der Waals surface area contributed by atoms with Crippen LogP contribution in [0.15, 0.2) is 72.8 Å². The number of rotatable bonds is 6. The Balaban J connectivity index is 1.70. The van der Waals surface area contributed by atoms with Gasteiger partial charge in [0.2, 0.25) is 3.79 Å². The summed E-state index contributed by atoms with van der Waals surface area (Å²) in [6.45, 7) is 0. The summed E-state index contributed by atoms with van der Waals surface area (Å²) in [5.74, 6) is -0.486. The Morgan fingerprint density at radius 1 is 0.926 bits per heavy atom. The number of hydrogen-bond donors (Lipinski definition) is 2. The van der Waals surface area contributed by atoms with Crippen LogP contribution in [0.25, 0.3) is 10.8 Å². The lowest BCUT2D eigenvalue weighted by atomic mass is 10.1. The van der Waals surface area contributed by atoms with Crippen LogP contribution in [0, 0.1) is 0 Å². The maximum Gasteiger partial charge on any atom is 0.329 e. The summed E-state index contributed by atoms with van der Waals surface area (Å²) in [6.07, 6.45) is -0.845. The highest BCUT2D eigenvalue weighted by atomic mass is 35.6. The van der Waals surface area contributed by atoms with Crippen molar-refractivity contribution < 1.29 is 9.63 Å². The summed E-state index contributed by atoms with van der Waals surface area (Å²) in [7, 11) is 0. The van der Waals surface area contributed by atoms with Crippen molar-refractivity contribution in [2.75, 3.05) is 5.32 Å². The first-order valence-electron chi connectivity index (χ1n) is 8.23. The average Bonchev–Trinajstić information content (AvgIpc) is 2.65. The van der Waals surface area contributed by atoms with E-state index in [9.17, 15) is 4.79 Å². The van der Waals surface area contributed by atoms with Gasteiger partial charge >= 0.3 is 5.97 Å². The highest BCUT2D eigenvalue weighted by Crippen LogP contribution is 2.33. The Morgan fingerprint density at radius 2 is 1.59 bits per heavy atom. The molecule has 3 rings (SSSR count). The number of benzene rings is 3. The molecule has 0 fully saturated rings. The van der Waals surface area contributed by atoms with E-state index in [2.05, 4.69) is 10.8 Å². The lowest BCUT2D eigenvalue weighted by Gasteiger charge is -2.27. The summed E-state index contributed by atoms with van der Waals surface area (Å²) in [4.78, 5) is 17.2. The number of fused-ring (bicyclic) bond motifs is 1. The molecule has 0 unspecified atom stereocenters. The van der Waals surface area contributed by atoms with Crippen LogP contribution in [0.2, 0.25) is 0 Å². The van der Waals surface area contributed by atoms with Gasteiger partial charge in [0.1, 0.15) is 0 Å². The Kier molecular flexibility index (Phi) is 6.45. The van der Waals surface area contributed by atoms with E-state index >= 15 is 0 Å². The zero-order valence-electron chi connectivity index (χ0n) is 14.2. The molecule has 0 aliphatic carbocycles. The molecule has 0 saturated heterocycles. The molecule has 27 heavy (non-hydrogen) atoms. The van der Waals surface area contributed by atoms with Gasteiger partial charge in [-0.1, -0.05) is 102 Å². The fraction of sp³-hybridized carbons (Fsp3) is 0.150. The number of carbonyl (C=O) groups is 1. The van der Waals surface area contributed by atoms with Crippen LogP contribution >= 0.6 is 34.8 Å². The van der Waals surface area contributed by atoms with Crippen LogP contribution in [0.3, 0.4) is 0 Å². The molecule has 1 atom stereocenters.